The fourth-order valence-corrected chi connectivity index (χ4v) is 5.18. The van der Waals surface area contributed by atoms with Crippen molar-refractivity contribution in [3.63, 3.8) is 0 Å². The standard InChI is InChI=1S/C28H29FN4O/c1-3-19-15-30-16-25(18(19)2)22-6-9-26-24(14-22)28(32-17-31-26)33-12-10-21(11-13-33)27(34)20-4-7-23(29)8-5-20/h4-9,14,16-17,21,30H,3,10-13,15H2,1-2H3/p+1. The molecule has 0 atom stereocenters. The van der Waals surface area contributed by atoms with Crippen molar-refractivity contribution in [2.24, 2.45) is 5.92 Å². The van der Waals surface area contributed by atoms with Crippen LogP contribution in [0.25, 0.3) is 16.5 Å². The molecular weight excluding hydrogens is 427 g/mol. The highest BCUT2D eigenvalue weighted by molar-refractivity contribution is 5.98. The van der Waals surface area contributed by atoms with E-state index in [1.54, 1.807) is 18.5 Å². The monoisotopic (exact) mass is 457 g/mol. The van der Waals surface area contributed by atoms with E-state index in [-0.39, 0.29) is 17.5 Å². The van der Waals surface area contributed by atoms with Crippen LogP contribution in [-0.4, -0.2) is 35.4 Å². The Kier molecular flexibility index (Phi) is 6.24. The van der Waals surface area contributed by atoms with Gasteiger partial charge in [-0.2, -0.15) is 0 Å². The van der Waals surface area contributed by atoms with Gasteiger partial charge in [0.2, 0.25) is 0 Å². The van der Waals surface area contributed by atoms with Crippen LogP contribution in [0, 0.1) is 11.7 Å². The zero-order valence-corrected chi connectivity index (χ0v) is 19.7. The molecule has 2 aromatic carbocycles. The van der Waals surface area contributed by atoms with Gasteiger partial charge >= 0.3 is 0 Å². The van der Waals surface area contributed by atoms with E-state index < -0.39 is 0 Å². The van der Waals surface area contributed by atoms with Crippen LogP contribution in [-0.2, 0) is 0 Å². The molecule has 34 heavy (non-hydrogen) atoms. The van der Waals surface area contributed by atoms with Crippen molar-refractivity contribution in [3.8, 4) is 0 Å². The van der Waals surface area contributed by atoms with E-state index in [4.69, 9.17) is 0 Å². The average molecular weight is 458 g/mol. The smallest absolute Gasteiger partial charge is 0.166 e. The predicted octanol–water partition coefficient (Wildman–Crippen LogP) is 4.51. The first kappa shape index (κ1) is 22.4. The molecule has 2 N–H and O–H groups in total. The number of benzene rings is 2. The van der Waals surface area contributed by atoms with Crippen LogP contribution in [0.2, 0.25) is 0 Å². The second-order valence-electron chi connectivity index (χ2n) is 9.16. The van der Waals surface area contributed by atoms with Gasteiger partial charge in [0.1, 0.15) is 30.7 Å². The minimum absolute atomic E-state index is 0.0476. The van der Waals surface area contributed by atoms with E-state index >= 15 is 0 Å². The Labute approximate surface area is 199 Å². The van der Waals surface area contributed by atoms with Crippen molar-refractivity contribution in [1.29, 1.82) is 0 Å². The predicted molar refractivity (Wildman–Crippen MR) is 133 cm³/mol. The topological polar surface area (TPSA) is 62.7 Å². The lowest BCUT2D eigenvalue weighted by molar-refractivity contribution is -0.580. The number of Topliss-reactive ketones (excluding diaryl/α,β-unsaturated/α-hetero) is 1. The molecular formula is C28H30FN4O+. The van der Waals surface area contributed by atoms with Crippen LogP contribution < -0.4 is 10.2 Å². The molecule has 6 heteroatoms. The SMILES string of the molecule is CCC1=C(C)C(c2ccc3ncnc(N4CCC(C(=O)c5ccc(F)cc5)CC4)c3c2)=C[NH2+]C1. The molecule has 1 saturated heterocycles. The highest BCUT2D eigenvalue weighted by atomic mass is 19.1. The van der Waals surface area contributed by atoms with Gasteiger partial charge in [0.05, 0.1) is 5.52 Å². The molecule has 0 aliphatic carbocycles. The van der Waals surface area contributed by atoms with E-state index in [0.29, 0.717) is 5.56 Å². The molecule has 3 heterocycles. The summed E-state index contributed by atoms with van der Waals surface area (Å²) in [6, 6.07) is 12.3. The molecule has 2 aliphatic heterocycles. The highest BCUT2D eigenvalue weighted by Gasteiger charge is 2.27. The molecule has 2 aliphatic rings. The van der Waals surface area contributed by atoms with Crippen molar-refractivity contribution in [1.82, 2.24) is 9.97 Å². The second kappa shape index (κ2) is 9.47. The van der Waals surface area contributed by atoms with E-state index in [1.165, 1.54) is 34.4 Å². The van der Waals surface area contributed by atoms with Gasteiger partial charge in [0.15, 0.2) is 5.78 Å². The van der Waals surface area contributed by atoms with Gasteiger partial charge in [-0.25, -0.2) is 14.4 Å². The Bertz CT molecular complexity index is 1290. The van der Waals surface area contributed by atoms with Gasteiger partial charge in [-0.05, 0) is 79.3 Å². The zero-order chi connectivity index (χ0) is 23.7. The maximum Gasteiger partial charge on any atom is 0.166 e. The zero-order valence-electron chi connectivity index (χ0n) is 19.7. The maximum absolute atomic E-state index is 13.2. The number of hydrogen-bond donors (Lipinski definition) is 1. The number of rotatable bonds is 5. The lowest BCUT2D eigenvalue weighted by atomic mass is 9.88. The number of allylic oxidation sites excluding steroid dienone is 2. The van der Waals surface area contributed by atoms with E-state index in [2.05, 4.69) is 58.4 Å². The third kappa shape index (κ3) is 4.26. The summed E-state index contributed by atoms with van der Waals surface area (Å²) >= 11 is 0. The number of carbonyl (C=O) groups excluding carboxylic acids is 1. The Balaban J connectivity index is 1.39. The first-order chi connectivity index (χ1) is 16.5. The molecule has 0 radical (unpaired) electrons. The van der Waals surface area contributed by atoms with Crippen molar-refractivity contribution < 1.29 is 14.5 Å². The maximum atomic E-state index is 13.2. The summed E-state index contributed by atoms with van der Waals surface area (Å²) in [5.41, 5.74) is 6.81. The second-order valence-corrected chi connectivity index (χ2v) is 9.16. The van der Waals surface area contributed by atoms with Crippen molar-refractivity contribution in [2.45, 2.75) is 33.1 Å². The van der Waals surface area contributed by atoms with Crippen LogP contribution in [0.1, 0.15) is 49.0 Å². The normalized spacial score (nSPS) is 17.3. The summed E-state index contributed by atoms with van der Waals surface area (Å²) in [7, 11) is 0. The number of fused-ring (bicyclic) bond motifs is 1. The minimum atomic E-state index is -0.320. The third-order valence-electron chi connectivity index (χ3n) is 7.23. The summed E-state index contributed by atoms with van der Waals surface area (Å²) in [6.07, 6.45) is 6.42. The summed E-state index contributed by atoms with van der Waals surface area (Å²) in [5.74, 6) is 0.662. The largest absolute Gasteiger partial charge is 0.356 e. The van der Waals surface area contributed by atoms with Gasteiger partial charge in [-0.3, -0.25) is 4.79 Å². The van der Waals surface area contributed by atoms with Crippen LogP contribution in [0.3, 0.4) is 0 Å². The quantitative estimate of drug-likeness (QED) is 0.573. The number of carbonyl (C=O) groups is 1. The number of ketones is 1. The molecule has 174 valence electrons. The van der Waals surface area contributed by atoms with Crippen LogP contribution in [0.5, 0.6) is 0 Å². The lowest BCUT2D eigenvalue weighted by Crippen LogP contribution is -2.79. The first-order valence-electron chi connectivity index (χ1n) is 12.1. The van der Waals surface area contributed by atoms with Crippen LogP contribution >= 0.6 is 0 Å². The molecule has 5 rings (SSSR count). The molecule has 0 bridgehead atoms. The molecule has 0 saturated carbocycles. The molecule has 0 spiro atoms. The Morgan fingerprint density at radius 3 is 2.62 bits per heavy atom. The summed E-state index contributed by atoms with van der Waals surface area (Å²) in [4.78, 5) is 24.3. The molecule has 0 unspecified atom stereocenters. The average Bonchev–Trinajstić information content (AvgIpc) is 2.88. The van der Waals surface area contributed by atoms with Crippen molar-refractivity contribution >= 4 is 28.1 Å². The number of nitrogens with zero attached hydrogens (tertiary/aromatic N) is 3. The van der Waals surface area contributed by atoms with Crippen LogP contribution in [0.15, 0.2) is 66.1 Å². The van der Waals surface area contributed by atoms with Crippen molar-refractivity contribution in [3.05, 3.63) is 83.1 Å². The number of halogens is 1. The highest BCUT2D eigenvalue weighted by Crippen LogP contribution is 2.33. The lowest BCUT2D eigenvalue weighted by Gasteiger charge is -2.32. The summed E-state index contributed by atoms with van der Waals surface area (Å²) in [5, 5.41) is 3.29. The fourth-order valence-electron chi connectivity index (χ4n) is 5.18. The number of piperidine rings is 1. The Morgan fingerprint density at radius 2 is 1.88 bits per heavy atom. The van der Waals surface area contributed by atoms with Gasteiger partial charge in [0.25, 0.3) is 0 Å². The number of aromatic nitrogens is 2. The molecule has 1 fully saturated rings. The molecule has 0 amide bonds. The van der Waals surface area contributed by atoms with Crippen molar-refractivity contribution in [2.75, 3.05) is 24.5 Å². The fraction of sp³-hybridized carbons (Fsp3) is 0.321. The molecule has 1 aromatic heterocycles. The number of nitrogens with two attached hydrogens (primary N) is 1. The Hall–Kier alpha value is -3.38. The molecule has 5 nitrogen and oxygen atoms in total. The van der Waals surface area contributed by atoms with Gasteiger partial charge in [-0.1, -0.05) is 13.0 Å². The number of quaternary nitrogens is 1. The van der Waals surface area contributed by atoms with E-state index in [0.717, 1.165) is 55.6 Å². The summed E-state index contributed by atoms with van der Waals surface area (Å²) < 4.78 is 13.2. The minimum Gasteiger partial charge on any atom is -0.356 e. The van der Waals surface area contributed by atoms with Gasteiger partial charge in [0, 0.05) is 35.5 Å². The van der Waals surface area contributed by atoms with Gasteiger partial charge < -0.3 is 10.2 Å². The number of anilines is 1. The summed E-state index contributed by atoms with van der Waals surface area (Å²) in [6.45, 7) is 6.96. The van der Waals surface area contributed by atoms with Gasteiger partial charge in [-0.15, -0.1) is 0 Å². The number of hydrogen-bond acceptors (Lipinski definition) is 4. The van der Waals surface area contributed by atoms with E-state index in [1.807, 2.05) is 0 Å². The third-order valence-corrected chi connectivity index (χ3v) is 7.23. The Morgan fingerprint density at radius 1 is 1.12 bits per heavy atom. The first-order valence-corrected chi connectivity index (χ1v) is 12.1. The molecule has 3 aromatic rings. The van der Waals surface area contributed by atoms with Crippen LogP contribution in [0.4, 0.5) is 10.2 Å². The van der Waals surface area contributed by atoms with E-state index in [9.17, 15) is 9.18 Å².